The van der Waals surface area contributed by atoms with Gasteiger partial charge in [-0.25, -0.2) is 0 Å². The van der Waals surface area contributed by atoms with Gasteiger partial charge in [-0.3, -0.25) is 10.2 Å². The van der Waals surface area contributed by atoms with E-state index in [1.165, 1.54) is 6.21 Å². The molecule has 0 unspecified atom stereocenters. The summed E-state index contributed by atoms with van der Waals surface area (Å²) in [4.78, 5) is 10.3. The fourth-order valence-electron chi connectivity index (χ4n) is 1.27. The predicted octanol–water partition coefficient (Wildman–Crippen LogP) is 1.14. The van der Waals surface area contributed by atoms with E-state index in [1.54, 1.807) is 19.2 Å². The van der Waals surface area contributed by atoms with Gasteiger partial charge in [-0.1, -0.05) is 6.07 Å². The quantitative estimate of drug-likeness (QED) is 0.393. The molecule has 0 aliphatic rings. The molecule has 1 aromatic carbocycles. The van der Waals surface area contributed by atoms with Gasteiger partial charge in [-0.2, -0.15) is 5.10 Å². The molecule has 0 aliphatic heterocycles. The second kappa shape index (κ2) is 5.65. The number of carbonyl (C=O) groups excluding carboxylic acids is 1. The van der Waals surface area contributed by atoms with Crippen LogP contribution < -0.4 is 10.7 Å². The van der Waals surface area contributed by atoms with E-state index in [9.17, 15) is 4.79 Å². The first-order chi connectivity index (χ1) is 7.69. The number of nitrogens with one attached hydrogen (secondary N) is 3. The van der Waals surface area contributed by atoms with Gasteiger partial charge in [0.2, 0.25) is 6.41 Å². The Bertz CT molecular complexity index is 426. The Labute approximate surface area is 94.1 Å². The van der Waals surface area contributed by atoms with Crippen molar-refractivity contribution in [2.24, 2.45) is 5.10 Å². The van der Waals surface area contributed by atoms with Gasteiger partial charge in [0, 0.05) is 18.3 Å². The molecule has 0 spiro atoms. The molecule has 0 saturated carbocycles. The van der Waals surface area contributed by atoms with E-state index in [0.717, 1.165) is 11.1 Å². The van der Waals surface area contributed by atoms with Crippen LogP contribution in [0.15, 0.2) is 23.3 Å². The summed E-state index contributed by atoms with van der Waals surface area (Å²) in [6.45, 7) is 1.90. The number of hydrazone groups is 1. The van der Waals surface area contributed by atoms with Gasteiger partial charge in [0.15, 0.2) is 0 Å². The first-order valence-electron chi connectivity index (χ1n) is 4.78. The molecule has 0 radical (unpaired) electrons. The zero-order chi connectivity index (χ0) is 12.0. The Morgan fingerprint density at radius 1 is 1.50 bits per heavy atom. The van der Waals surface area contributed by atoms with Crippen molar-refractivity contribution in [3.8, 4) is 0 Å². The summed E-state index contributed by atoms with van der Waals surface area (Å²) in [5.74, 6) is 0. The monoisotopic (exact) mass is 218 g/mol. The van der Waals surface area contributed by atoms with Crippen molar-refractivity contribution in [2.45, 2.75) is 6.92 Å². The minimum Gasteiger partial charge on any atom is -0.329 e. The van der Waals surface area contributed by atoms with E-state index in [0.29, 0.717) is 17.8 Å². The van der Waals surface area contributed by atoms with Crippen LogP contribution in [0.5, 0.6) is 0 Å². The first-order valence-corrected chi connectivity index (χ1v) is 4.78. The topological polar surface area (TPSA) is 77.3 Å². The molecule has 0 bridgehead atoms. The van der Waals surface area contributed by atoms with Crippen molar-refractivity contribution in [1.82, 2.24) is 5.43 Å². The average molecular weight is 218 g/mol. The summed E-state index contributed by atoms with van der Waals surface area (Å²) in [6.07, 6.45) is 2.03. The largest absolute Gasteiger partial charge is 0.329 e. The lowest BCUT2D eigenvalue weighted by atomic mass is 10.0. The molecule has 0 aromatic heterocycles. The van der Waals surface area contributed by atoms with Gasteiger partial charge in [-0.15, -0.1) is 0 Å². The molecule has 0 fully saturated rings. The third-order valence-electron chi connectivity index (χ3n) is 2.08. The maximum Gasteiger partial charge on any atom is 0.211 e. The summed E-state index contributed by atoms with van der Waals surface area (Å²) < 4.78 is 0. The van der Waals surface area contributed by atoms with E-state index >= 15 is 0 Å². The lowest BCUT2D eigenvalue weighted by molar-refractivity contribution is -0.105. The zero-order valence-corrected chi connectivity index (χ0v) is 9.24. The highest BCUT2D eigenvalue weighted by Crippen LogP contribution is 2.14. The maximum absolute atomic E-state index is 10.3. The number of nitrogens with zero attached hydrogens (tertiary/aromatic N) is 1. The fourth-order valence-corrected chi connectivity index (χ4v) is 1.27. The van der Waals surface area contributed by atoms with Crippen molar-refractivity contribution in [1.29, 1.82) is 5.41 Å². The van der Waals surface area contributed by atoms with Gasteiger partial charge >= 0.3 is 0 Å². The smallest absolute Gasteiger partial charge is 0.211 e. The summed E-state index contributed by atoms with van der Waals surface area (Å²) in [5, 5.41) is 14.1. The Balaban J connectivity index is 3.01. The Hall–Kier alpha value is -2.17. The molecule has 0 heterocycles. The van der Waals surface area contributed by atoms with Crippen LogP contribution in [0, 0.1) is 12.3 Å². The second-order valence-corrected chi connectivity index (χ2v) is 3.19. The van der Waals surface area contributed by atoms with Crippen LogP contribution in [0.3, 0.4) is 0 Å². The molecule has 0 saturated heterocycles. The van der Waals surface area contributed by atoms with Crippen molar-refractivity contribution in [3.63, 3.8) is 0 Å². The summed E-state index contributed by atoms with van der Waals surface area (Å²) in [6, 6.07) is 5.38. The SMILES string of the molecule is CN/N=C\C(=N)c1cc(NC=O)ccc1C. The summed E-state index contributed by atoms with van der Waals surface area (Å²) >= 11 is 0. The summed E-state index contributed by atoms with van der Waals surface area (Å²) in [5.41, 5.74) is 5.25. The van der Waals surface area contributed by atoms with Gasteiger partial charge < -0.3 is 10.7 Å². The van der Waals surface area contributed by atoms with Crippen molar-refractivity contribution < 1.29 is 4.79 Å². The Kier molecular flexibility index (Phi) is 4.20. The lowest BCUT2D eigenvalue weighted by Gasteiger charge is -2.06. The van der Waals surface area contributed by atoms with Crippen LogP contribution in [0.1, 0.15) is 11.1 Å². The summed E-state index contributed by atoms with van der Waals surface area (Å²) in [7, 11) is 1.67. The predicted molar refractivity (Wildman–Crippen MR) is 65.2 cm³/mol. The molecular formula is C11H14N4O. The number of carbonyl (C=O) groups is 1. The van der Waals surface area contributed by atoms with Crippen molar-refractivity contribution in [3.05, 3.63) is 29.3 Å². The van der Waals surface area contributed by atoms with Crippen LogP contribution in [-0.4, -0.2) is 25.4 Å². The van der Waals surface area contributed by atoms with E-state index in [2.05, 4.69) is 15.8 Å². The molecule has 5 nitrogen and oxygen atoms in total. The zero-order valence-electron chi connectivity index (χ0n) is 9.24. The third-order valence-corrected chi connectivity index (χ3v) is 2.08. The van der Waals surface area contributed by atoms with Crippen LogP contribution in [0.2, 0.25) is 0 Å². The standard InChI is InChI=1S/C11H14N4O/c1-8-3-4-9(14-7-16)5-10(8)11(12)6-15-13-2/h3-7,12-13H,1-2H3,(H,14,16)/b12-11?,15-6-. The highest BCUT2D eigenvalue weighted by molar-refractivity contribution is 6.37. The minimum atomic E-state index is 0.293. The maximum atomic E-state index is 10.3. The van der Waals surface area contributed by atoms with Crippen LogP contribution in [-0.2, 0) is 4.79 Å². The minimum absolute atomic E-state index is 0.293. The van der Waals surface area contributed by atoms with Crippen molar-refractivity contribution >= 4 is 24.0 Å². The highest BCUT2D eigenvalue weighted by atomic mass is 16.1. The fraction of sp³-hybridized carbons (Fsp3) is 0.182. The van der Waals surface area contributed by atoms with E-state index in [1.807, 2.05) is 13.0 Å². The molecule has 1 aromatic rings. The molecule has 0 atom stereocenters. The van der Waals surface area contributed by atoms with Gasteiger partial charge in [0.25, 0.3) is 0 Å². The normalized spacial score (nSPS) is 10.1. The number of benzene rings is 1. The number of aryl methyl sites for hydroxylation is 1. The van der Waals surface area contributed by atoms with Crippen LogP contribution in [0.4, 0.5) is 5.69 Å². The number of rotatable bonds is 5. The highest BCUT2D eigenvalue weighted by Gasteiger charge is 2.04. The lowest BCUT2D eigenvalue weighted by Crippen LogP contribution is -2.07. The molecule has 1 rings (SSSR count). The Morgan fingerprint density at radius 2 is 2.25 bits per heavy atom. The van der Waals surface area contributed by atoms with E-state index in [-0.39, 0.29) is 0 Å². The third kappa shape index (κ3) is 2.91. The van der Waals surface area contributed by atoms with Gasteiger partial charge in [-0.05, 0) is 24.6 Å². The van der Waals surface area contributed by atoms with Gasteiger partial charge in [0.1, 0.15) is 0 Å². The number of amides is 1. The molecule has 84 valence electrons. The molecular weight excluding hydrogens is 204 g/mol. The van der Waals surface area contributed by atoms with E-state index in [4.69, 9.17) is 5.41 Å². The Morgan fingerprint density at radius 3 is 2.88 bits per heavy atom. The van der Waals surface area contributed by atoms with Crippen molar-refractivity contribution in [2.75, 3.05) is 12.4 Å². The molecule has 16 heavy (non-hydrogen) atoms. The molecule has 0 aliphatic carbocycles. The first kappa shape index (κ1) is 11.9. The molecule has 5 heteroatoms. The molecule has 3 N–H and O–H groups in total. The second-order valence-electron chi connectivity index (χ2n) is 3.19. The van der Waals surface area contributed by atoms with Crippen LogP contribution >= 0.6 is 0 Å². The van der Waals surface area contributed by atoms with E-state index < -0.39 is 0 Å². The number of anilines is 1. The molecule has 1 amide bonds. The number of hydrogen-bond acceptors (Lipinski definition) is 4. The van der Waals surface area contributed by atoms with Gasteiger partial charge in [0.05, 0.1) is 11.9 Å². The number of hydrogen-bond donors (Lipinski definition) is 3. The average Bonchev–Trinajstić information content (AvgIpc) is 2.29. The van der Waals surface area contributed by atoms with Crippen LogP contribution in [0.25, 0.3) is 0 Å².